The summed E-state index contributed by atoms with van der Waals surface area (Å²) in [6, 6.07) is 1.66. The molecule has 1 heteroatoms. The Balaban J connectivity index is 2.14. The normalized spacial score (nSPS) is 16.1. The van der Waals surface area contributed by atoms with E-state index < -0.39 is 0 Å². The van der Waals surface area contributed by atoms with E-state index in [2.05, 4.69) is 19.2 Å². The average molecular weight is 296 g/mol. The molecular weight excluding hydrogens is 254 g/mol. The molecule has 0 atom stereocenters. The van der Waals surface area contributed by atoms with Crippen LogP contribution in [0.3, 0.4) is 0 Å². The molecule has 21 heavy (non-hydrogen) atoms. The van der Waals surface area contributed by atoms with Crippen molar-refractivity contribution in [1.29, 1.82) is 0 Å². The lowest BCUT2D eigenvalue weighted by atomic mass is 9.99. The monoisotopic (exact) mass is 295 g/mol. The molecule has 0 bridgehead atoms. The van der Waals surface area contributed by atoms with Crippen molar-refractivity contribution in [2.45, 2.75) is 129 Å². The van der Waals surface area contributed by atoms with E-state index in [1.165, 1.54) is 103 Å². The molecule has 0 amide bonds. The van der Waals surface area contributed by atoms with Crippen LogP contribution in [0.2, 0.25) is 0 Å². The van der Waals surface area contributed by atoms with Crippen molar-refractivity contribution in [1.82, 2.24) is 5.32 Å². The van der Waals surface area contributed by atoms with Gasteiger partial charge in [-0.3, -0.25) is 0 Å². The minimum absolute atomic E-state index is 0.816. The van der Waals surface area contributed by atoms with Gasteiger partial charge in [-0.05, 0) is 25.7 Å². The average Bonchev–Trinajstić information content (AvgIpc) is 2.99. The summed E-state index contributed by atoms with van der Waals surface area (Å²) in [5.41, 5.74) is 0. The first-order valence-corrected chi connectivity index (χ1v) is 10.1. The molecule has 0 aromatic heterocycles. The van der Waals surface area contributed by atoms with Gasteiger partial charge in [0.05, 0.1) is 0 Å². The molecular formula is C20H41N. The maximum absolute atomic E-state index is 4.00. The first-order valence-electron chi connectivity index (χ1n) is 10.1. The van der Waals surface area contributed by atoms with Gasteiger partial charge in [-0.15, -0.1) is 0 Å². The summed E-state index contributed by atoms with van der Waals surface area (Å²) in [5, 5.41) is 4.00. The summed E-state index contributed by atoms with van der Waals surface area (Å²) >= 11 is 0. The highest BCUT2D eigenvalue weighted by Gasteiger charge is 2.18. The van der Waals surface area contributed by atoms with Gasteiger partial charge in [-0.2, -0.15) is 0 Å². The van der Waals surface area contributed by atoms with Gasteiger partial charge in [0.1, 0.15) is 0 Å². The Hall–Kier alpha value is -0.0400. The lowest BCUT2D eigenvalue weighted by molar-refractivity contribution is 0.367. The fraction of sp³-hybridized carbons (Fsp3) is 1.00. The second-order valence-corrected chi connectivity index (χ2v) is 7.25. The molecule has 1 aliphatic carbocycles. The van der Waals surface area contributed by atoms with Crippen LogP contribution in [0, 0.1) is 0 Å². The first-order chi connectivity index (χ1) is 10.4. The second kappa shape index (κ2) is 13.6. The summed E-state index contributed by atoms with van der Waals surface area (Å²) in [6.45, 7) is 4.61. The molecule has 1 nitrogen and oxygen atoms in total. The van der Waals surface area contributed by atoms with Crippen LogP contribution in [0.25, 0.3) is 0 Å². The van der Waals surface area contributed by atoms with E-state index in [0.29, 0.717) is 0 Å². The Morgan fingerprint density at radius 3 is 1.67 bits per heavy atom. The van der Waals surface area contributed by atoms with Gasteiger partial charge in [0.25, 0.3) is 0 Å². The predicted octanol–water partition coefficient (Wildman–Crippen LogP) is 6.61. The van der Waals surface area contributed by atoms with E-state index in [0.717, 1.165) is 12.1 Å². The maximum atomic E-state index is 4.00. The van der Waals surface area contributed by atoms with Crippen molar-refractivity contribution >= 4 is 0 Å². The molecule has 126 valence electrons. The Bertz CT molecular complexity index is 194. The number of nitrogens with one attached hydrogen (secondary N) is 1. The zero-order valence-corrected chi connectivity index (χ0v) is 15.0. The smallest absolute Gasteiger partial charge is 0.00696 e. The fourth-order valence-corrected chi connectivity index (χ4v) is 3.73. The van der Waals surface area contributed by atoms with Gasteiger partial charge < -0.3 is 5.32 Å². The minimum Gasteiger partial charge on any atom is -0.311 e. The van der Waals surface area contributed by atoms with Gasteiger partial charge >= 0.3 is 0 Å². The lowest BCUT2D eigenvalue weighted by Crippen LogP contribution is -2.36. The van der Waals surface area contributed by atoms with E-state index in [1.54, 1.807) is 0 Å². The third kappa shape index (κ3) is 10.3. The Kier molecular flexibility index (Phi) is 12.3. The zero-order chi connectivity index (χ0) is 15.2. The van der Waals surface area contributed by atoms with Crippen LogP contribution in [0.5, 0.6) is 0 Å². The zero-order valence-electron chi connectivity index (χ0n) is 15.0. The second-order valence-electron chi connectivity index (χ2n) is 7.25. The van der Waals surface area contributed by atoms with Crippen LogP contribution < -0.4 is 5.32 Å². The van der Waals surface area contributed by atoms with Gasteiger partial charge in [-0.25, -0.2) is 0 Å². The molecule has 0 heterocycles. The van der Waals surface area contributed by atoms with E-state index in [1.807, 2.05) is 0 Å². The Morgan fingerprint density at radius 1 is 0.714 bits per heavy atom. The highest BCUT2D eigenvalue weighted by atomic mass is 15.0. The molecule has 0 spiro atoms. The summed E-state index contributed by atoms with van der Waals surface area (Å²) in [7, 11) is 0. The Labute approximate surface area is 134 Å². The largest absolute Gasteiger partial charge is 0.311 e. The molecule has 1 aliphatic rings. The molecule has 0 aromatic rings. The molecule has 1 fully saturated rings. The number of hydrogen-bond acceptors (Lipinski definition) is 1. The summed E-state index contributed by atoms with van der Waals surface area (Å²) in [4.78, 5) is 0. The van der Waals surface area contributed by atoms with Crippen molar-refractivity contribution in [3.8, 4) is 0 Å². The van der Waals surface area contributed by atoms with E-state index in [9.17, 15) is 0 Å². The minimum atomic E-state index is 0.816. The number of rotatable bonds is 14. The third-order valence-electron chi connectivity index (χ3n) is 5.14. The predicted molar refractivity (Wildman–Crippen MR) is 95.9 cm³/mol. The summed E-state index contributed by atoms with van der Waals surface area (Å²) in [5.74, 6) is 0. The van der Waals surface area contributed by atoms with Crippen LogP contribution >= 0.6 is 0 Å². The molecule has 0 saturated heterocycles. The van der Waals surface area contributed by atoms with E-state index in [4.69, 9.17) is 0 Å². The molecule has 0 unspecified atom stereocenters. The summed E-state index contributed by atoms with van der Waals surface area (Å²) in [6.07, 6.45) is 22.9. The van der Waals surface area contributed by atoms with Crippen LogP contribution in [0.1, 0.15) is 117 Å². The van der Waals surface area contributed by atoms with Crippen LogP contribution in [0.4, 0.5) is 0 Å². The first kappa shape index (κ1) is 19.0. The maximum Gasteiger partial charge on any atom is 0.00696 e. The molecule has 1 rings (SSSR count). The van der Waals surface area contributed by atoms with Gasteiger partial charge in [-0.1, -0.05) is 90.9 Å². The Morgan fingerprint density at radius 2 is 1.19 bits per heavy atom. The SMILES string of the molecule is CCCCCCCC(CCCCCCC)NC1CCCC1. The molecule has 0 aliphatic heterocycles. The topological polar surface area (TPSA) is 12.0 Å². The lowest BCUT2D eigenvalue weighted by Gasteiger charge is -2.23. The van der Waals surface area contributed by atoms with Crippen molar-refractivity contribution in [3.05, 3.63) is 0 Å². The van der Waals surface area contributed by atoms with Gasteiger partial charge in [0.2, 0.25) is 0 Å². The van der Waals surface area contributed by atoms with Crippen LogP contribution in [-0.2, 0) is 0 Å². The fourth-order valence-electron chi connectivity index (χ4n) is 3.73. The van der Waals surface area contributed by atoms with Gasteiger partial charge in [0, 0.05) is 12.1 Å². The number of hydrogen-bond donors (Lipinski definition) is 1. The van der Waals surface area contributed by atoms with Gasteiger partial charge in [0.15, 0.2) is 0 Å². The quantitative estimate of drug-likeness (QED) is 0.356. The highest BCUT2D eigenvalue weighted by Crippen LogP contribution is 2.21. The summed E-state index contributed by atoms with van der Waals surface area (Å²) < 4.78 is 0. The van der Waals surface area contributed by atoms with E-state index in [-0.39, 0.29) is 0 Å². The van der Waals surface area contributed by atoms with Crippen molar-refractivity contribution in [3.63, 3.8) is 0 Å². The number of unbranched alkanes of at least 4 members (excludes halogenated alkanes) is 8. The highest BCUT2D eigenvalue weighted by molar-refractivity contribution is 4.78. The molecule has 0 aromatic carbocycles. The third-order valence-corrected chi connectivity index (χ3v) is 5.14. The standard InChI is InChI=1S/C20H41N/c1-3-5-7-9-11-15-19(16-12-10-8-6-4-2)21-20-17-13-14-18-20/h19-21H,3-18H2,1-2H3. The molecule has 1 N–H and O–H groups in total. The van der Waals surface area contributed by atoms with Crippen LogP contribution in [-0.4, -0.2) is 12.1 Å². The van der Waals surface area contributed by atoms with Crippen molar-refractivity contribution in [2.75, 3.05) is 0 Å². The molecule has 0 radical (unpaired) electrons. The molecule has 1 saturated carbocycles. The van der Waals surface area contributed by atoms with E-state index >= 15 is 0 Å². The van der Waals surface area contributed by atoms with Crippen molar-refractivity contribution in [2.24, 2.45) is 0 Å². The van der Waals surface area contributed by atoms with Crippen LogP contribution in [0.15, 0.2) is 0 Å². The van der Waals surface area contributed by atoms with Crippen molar-refractivity contribution < 1.29 is 0 Å².